The second kappa shape index (κ2) is 24.6. The standard InChI is InChI=1S/C50H56N2O6/c1-3-39-17-25-43(26-18-39)51-37-41-21-29-45(30-22-41)55-33-11-5-7-13-35-57-49(53)47-15-9-10-16-48(47)50(54)58-36-14-8-6-12-34-56-46-31-23-42(24-32-46)38-52-44-27-19-40(4-2)20-28-44/h9-10,15-32,37-38H,3-8,11-14,33-36H2,1-2H3. The van der Waals surface area contributed by atoms with Crippen molar-refractivity contribution >= 4 is 35.7 Å². The highest BCUT2D eigenvalue weighted by atomic mass is 16.5. The van der Waals surface area contributed by atoms with E-state index in [0.717, 1.165) is 98.2 Å². The van der Waals surface area contributed by atoms with Crippen LogP contribution < -0.4 is 9.47 Å². The zero-order valence-corrected chi connectivity index (χ0v) is 33.9. The van der Waals surface area contributed by atoms with Gasteiger partial charge in [-0.05, 0) is 171 Å². The van der Waals surface area contributed by atoms with E-state index in [4.69, 9.17) is 18.9 Å². The van der Waals surface area contributed by atoms with Gasteiger partial charge in [0.2, 0.25) is 0 Å². The predicted molar refractivity (Wildman–Crippen MR) is 234 cm³/mol. The van der Waals surface area contributed by atoms with Gasteiger partial charge in [0.05, 0.1) is 48.9 Å². The second-order valence-electron chi connectivity index (χ2n) is 14.0. The maximum atomic E-state index is 12.8. The third-order valence-electron chi connectivity index (χ3n) is 9.62. The third kappa shape index (κ3) is 15.1. The fourth-order valence-electron chi connectivity index (χ4n) is 6.05. The van der Waals surface area contributed by atoms with Gasteiger partial charge < -0.3 is 18.9 Å². The average molecular weight is 781 g/mol. The van der Waals surface area contributed by atoms with Crippen LogP contribution in [0.4, 0.5) is 11.4 Å². The number of nitrogens with zero attached hydrogens (tertiary/aromatic N) is 2. The molecule has 0 saturated heterocycles. The summed E-state index contributed by atoms with van der Waals surface area (Å²) in [5, 5.41) is 0. The summed E-state index contributed by atoms with van der Waals surface area (Å²) in [6.45, 7) is 6.08. The van der Waals surface area contributed by atoms with Gasteiger partial charge in [0.1, 0.15) is 11.5 Å². The van der Waals surface area contributed by atoms with Crippen LogP contribution in [-0.4, -0.2) is 50.8 Å². The van der Waals surface area contributed by atoms with Gasteiger partial charge in [-0.3, -0.25) is 9.98 Å². The summed E-state index contributed by atoms with van der Waals surface area (Å²) >= 11 is 0. The van der Waals surface area contributed by atoms with E-state index in [-0.39, 0.29) is 24.3 Å². The summed E-state index contributed by atoms with van der Waals surface area (Å²) in [5.41, 5.74) is 6.95. The van der Waals surface area contributed by atoms with Crippen LogP contribution in [0.15, 0.2) is 131 Å². The number of rotatable bonds is 24. The highest BCUT2D eigenvalue weighted by Gasteiger charge is 2.19. The van der Waals surface area contributed by atoms with Crippen LogP contribution in [0.3, 0.4) is 0 Å². The number of carbonyl (C=O) groups excluding carboxylic acids is 2. The maximum Gasteiger partial charge on any atom is 0.339 e. The Hall–Kier alpha value is -6.02. The Morgan fingerprint density at radius 2 is 0.810 bits per heavy atom. The lowest BCUT2D eigenvalue weighted by Gasteiger charge is -2.10. The van der Waals surface area contributed by atoms with Gasteiger partial charge in [-0.1, -0.05) is 50.2 Å². The molecule has 5 aromatic carbocycles. The van der Waals surface area contributed by atoms with Crippen LogP contribution in [0.5, 0.6) is 11.5 Å². The van der Waals surface area contributed by atoms with Crippen molar-refractivity contribution in [3.8, 4) is 11.5 Å². The number of esters is 2. The number of ether oxygens (including phenoxy) is 4. The largest absolute Gasteiger partial charge is 0.494 e. The Labute approximate surface area is 344 Å². The molecule has 5 aromatic rings. The summed E-state index contributed by atoms with van der Waals surface area (Å²) in [5.74, 6) is 0.622. The van der Waals surface area contributed by atoms with E-state index < -0.39 is 11.9 Å². The Bertz CT molecular complexity index is 1870. The molecule has 0 amide bonds. The van der Waals surface area contributed by atoms with Gasteiger partial charge in [0.25, 0.3) is 0 Å². The first-order chi connectivity index (χ1) is 28.5. The fraction of sp³-hybridized carbons (Fsp3) is 0.320. The van der Waals surface area contributed by atoms with E-state index >= 15 is 0 Å². The lowest BCUT2D eigenvalue weighted by molar-refractivity contribution is 0.0450. The van der Waals surface area contributed by atoms with E-state index in [2.05, 4.69) is 48.1 Å². The predicted octanol–water partition coefficient (Wildman–Crippen LogP) is 11.9. The Balaban J connectivity index is 0.882. The van der Waals surface area contributed by atoms with Gasteiger partial charge >= 0.3 is 11.9 Å². The smallest absolute Gasteiger partial charge is 0.339 e. The minimum atomic E-state index is -0.515. The Morgan fingerprint density at radius 3 is 1.17 bits per heavy atom. The van der Waals surface area contributed by atoms with E-state index in [9.17, 15) is 9.59 Å². The van der Waals surface area contributed by atoms with E-state index in [1.807, 2.05) is 85.2 Å². The van der Waals surface area contributed by atoms with Gasteiger partial charge in [-0.25, -0.2) is 9.59 Å². The maximum absolute atomic E-state index is 12.8. The second-order valence-corrected chi connectivity index (χ2v) is 14.0. The van der Waals surface area contributed by atoms with Crippen LogP contribution in [-0.2, 0) is 22.3 Å². The zero-order valence-electron chi connectivity index (χ0n) is 33.9. The molecule has 8 heteroatoms. The average Bonchev–Trinajstić information content (AvgIpc) is 3.27. The van der Waals surface area contributed by atoms with Crippen LogP contribution >= 0.6 is 0 Å². The molecule has 8 nitrogen and oxygen atoms in total. The Kier molecular flexibility index (Phi) is 18.3. The van der Waals surface area contributed by atoms with E-state index in [0.29, 0.717) is 13.2 Å². The summed E-state index contributed by atoms with van der Waals surface area (Å²) in [7, 11) is 0. The van der Waals surface area contributed by atoms with Crippen molar-refractivity contribution < 1.29 is 28.5 Å². The molecule has 0 aliphatic rings. The molecule has 0 heterocycles. The lowest BCUT2D eigenvalue weighted by atomic mass is 10.1. The molecule has 58 heavy (non-hydrogen) atoms. The molecule has 0 bridgehead atoms. The zero-order chi connectivity index (χ0) is 40.6. The lowest BCUT2D eigenvalue weighted by Crippen LogP contribution is -2.15. The summed E-state index contributed by atoms with van der Waals surface area (Å²) in [6.07, 6.45) is 12.7. The number of unbranched alkanes of at least 4 members (excludes halogenated alkanes) is 6. The summed E-state index contributed by atoms with van der Waals surface area (Å²) in [4.78, 5) is 34.8. The molecular formula is C50H56N2O6. The number of hydrogen-bond donors (Lipinski definition) is 0. The van der Waals surface area contributed by atoms with Crippen molar-refractivity contribution in [2.24, 2.45) is 9.98 Å². The van der Waals surface area contributed by atoms with Crippen molar-refractivity contribution in [3.05, 3.63) is 155 Å². The SMILES string of the molecule is CCc1ccc(N=Cc2ccc(OCCCCCCOC(=O)c3ccccc3C(=O)OCCCCCCOc3ccc(C=Nc4ccc(CC)cc4)cc3)cc2)cc1. The molecule has 0 unspecified atom stereocenters. The van der Waals surface area contributed by atoms with E-state index in [1.165, 1.54) is 11.1 Å². The molecular weight excluding hydrogens is 725 g/mol. The normalized spacial score (nSPS) is 11.2. The first kappa shape index (κ1) is 43.1. The number of hydrogen-bond acceptors (Lipinski definition) is 8. The molecule has 0 aromatic heterocycles. The third-order valence-corrected chi connectivity index (χ3v) is 9.62. The quantitative estimate of drug-likeness (QED) is 0.0351. The molecule has 5 rings (SSSR count). The number of benzene rings is 5. The first-order valence-corrected chi connectivity index (χ1v) is 20.7. The van der Waals surface area contributed by atoms with Gasteiger partial charge in [0, 0.05) is 12.4 Å². The van der Waals surface area contributed by atoms with Crippen LogP contribution in [0, 0.1) is 0 Å². The first-order valence-electron chi connectivity index (χ1n) is 20.7. The van der Waals surface area contributed by atoms with Gasteiger partial charge in [-0.2, -0.15) is 0 Å². The van der Waals surface area contributed by atoms with Crippen molar-refractivity contribution in [2.45, 2.75) is 78.1 Å². The molecule has 0 N–H and O–H groups in total. The molecule has 0 spiro atoms. The number of carbonyl (C=O) groups is 2. The summed E-state index contributed by atoms with van der Waals surface area (Å²) in [6, 6.07) is 39.0. The van der Waals surface area contributed by atoms with Gasteiger partial charge in [-0.15, -0.1) is 0 Å². The fourth-order valence-corrected chi connectivity index (χ4v) is 6.05. The molecule has 0 radical (unpaired) electrons. The molecule has 0 aliphatic heterocycles. The molecule has 0 aliphatic carbocycles. The topological polar surface area (TPSA) is 95.8 Å². The van der Waals surface area contributed by atoms with Crippen molar-refractivity contribution in [3.63, 3.8) is 0 Å². The number of aliphatic imine (C=N–C) groups is 2. The minimum Gasteiger partial charge on any atom is -0.494 e. The minimum absolute atomic E-state index is 0.225. The van der Waals surface area contributed by atoms with Crippen LogP contribution in [0.2, 0.25) is 0 Å². The molecule has 0 fully saturated rings. The Morgan fingerprint density at radius 1 is 0.448 bits per heavy atom. The molecule has 0 saturated carbocycles. The van der Waals surface area contributed by atoms with Crippen molar-refractivity contribution in [2.75, 3.05) is 26.4 Å². The molecule has 302 valence electrons. The molecule has 0 atom stereocenters. The monoisotopic (exact) mass is 780 g/mol. The highest BCUT2D eigenvalue weighted by Crippen LogP contribution is 2.18. The van der Waals surface area contributed by atoms with Gasteiger partial charge in [0.15, 0.2) is 0 Å². The van der Waals surface area contributed by atoms with Crippen molar-refractivity contribution in [1.82, 2.24) is 0 Å². The van der Waals surface area contributed by atoms with Crippen LogP contribution in [0.1, 0.15) is 108 Å². The highest BCUT2D eigenvalue weighted by molar-refractivity contribution is 6.03. The van der Waals surface area contributed by atoms with E-state index in [1.54, 1.807) is 24.3 Å². The summed E-state index contributed by atoms with van der Waals surface area (Å²) < 4.78 is 22.8. The van der Waals surface area contributed by atoms with Crippen molar-refractivity contribution in [1.29, 1.82) is 0 Å². The number of aryl methyl sites for hydroxylation is 2. The van der Waals surface area contributed by atoms with Crippen LogP contribution in [0.25, 0.3) is 0 Å².